The van der Waals surface area contributed by atoms with E-state index < -0.39 is 5.97 Å². The second-order valence-corrected chi connectivity index (χ2v) is 7.15. The molecule has 0 fully saturated rings. The van der Waals surface area contributed by atoms with Crippen molar-refractivity contribution in [3.8, 4) is 5.75 Å². The zero-order valence-corrected chi connectivity index (χ0v) is 14.8. The van der Waals surface area contributed by atoms with Crippen molar-refractivity contribution in [2.75, 3.05) is 0 Å². The fraction of sp³-hybridized carbons (Fsp3) is 0. The number of thiophene rings is 2. The predicted octanol–water partition coefficient (Wildman–Crippen LogP) is 6.26. The average Bonchev–Trinajstić information content (AvgIpc) is 3.20. The summed E-state index contributed by atoms with van der Waals surface area (Å²) < 4.78 is 5.45. The SMILES string of the molecule is O=C(Oc1ccc(Cl)cc1Cl)/C(=C/c1cccs1)c1ccsc1. The highest BCUT2D eigenvalue weighted by atomic mass is 35.5. The van der Waals surface area contributed by atoms with Crippen molar-refractivity contribution >= 4 is 63.5 Å². The second kappa shape index (κ2) is 7.32. The van der Waals surface area contributed by atoms with Crippen LogP contribution < -0.4 is 4.74 Å². The maximum atomic E-state index is 12.6. The van der Waals surface area contributed by atoms with Gasteiger partial charge in [0, 0.05) is 9.90 Å². The number of halogens is 2. The average molecular weight is 381 g/mol. The summed E-state index contributed by atoms with van der Waals surface area (Å²) in [5.74, 6) is -0.172. The van der Waals surface area contributed by atoms with Gasteiger partial charge >= 0.3 is 5.97 Å². The summed E-state index contributed by atoms with van der Waals surface area (Å²) in [6.07, 6.45) is 1.82. The Balaban J connectivity index is 1.92. The highest BCUT2D eigenvalue weighted by Crippen LogP contribution is 2.30. The molecule has 2 aromatic heterocycles. The van der Waals surface area contributed by atoms with Crippen molar-refractivity contribution in [1.29, 1.82) is 0 Å². The summed E-state index contributed by atoms with van der Waals surface area (Å²) in [5.41, 5.74) is 1.30. The van der Waals surface area contributed by atoms with Crippen LogP contribution in [0.1, 0.15) is 10.4 Å². The Morgan fingerprint density at radius 1 is 1.13 bits per heavy atom. The molecule has 0 N–H and O–H groups in total. The van der Waals surface area contributed by atoms with E-state index in [1.54, 1.807) is 29.5 Å². The van der Waals surface area contributed by atoms with Crippen LogP contribution in [0.25, 0.3) is 11.6 Å². The molecule has 116 valence electrons. The second-order valence-electron chi connectivity index (χ2n) is 4.55. The van der Waals surface area contributed by atoms with Crippen molar-refractivity contribution in [2.24, 2.45) is 0 Å². The molecule has 3 aromatic rings. The van der Waals surface area contributed by atoms with E-state index in [0.29, 0.717) is 15.6 Å². The van der Waals surface area contributed by atoms with Gasteiger partial charge < -0.3 is 4.74 Å². The number of carbonyl (C=O) groups is 1. The summed E-state index contributed by atoms with van der Waals surface area (Å²) in [4.78, 5) is 13.6. The van der Waals surface area contributed by atoms with Gasteiger partial charge in [-0.05, 0) is 58.1 Å². The molecular weight excluding hydrogens is 371 g/mol. The third-order valence-corrected chi connectivity index (χ3v) is 5.01. The number of rotatable bonds is 4. The number of ether oxygens (including phenoxy) is 1. The van der Waals surface area contributed by atoms with Gasteiger partial charge in [0.1, 0.15) is 5.75 Å². The zero-order valence-electron chi connectivity index (χ0n) is 11.7. The monoisotopic (exact) mass is 380 g/mol. The Morgan fingerprint density at radius 3 is 2.65 bits per heavy atom. The topological polar surface area (TPSA) is 26.3 Å². The van der Waals surface area contributed by atoms with Crippen molar-refractivity contribution in [1.82, 2.24) is 0 Å². The number of hydrogen-bond acceptors (Lipinski definition) is 4. The number of benzene rings is 1. The quantitative estimate of drug-likeness (QED) is 0.303. The van der Waals surface area contributed by atoms with Crippen LogP contribution in [-0.4, -0.2) is 5.97 Å². The minimum Gasteiger partial charge on any atom is -0.421 e. The van der Waals surface area contributed by atoms with E-state index in [-0.39, 0.29) is 5.75 Å². The van der Waals surface area contributed by atoms with Crippen LogP contribution in [0.3, 0.4) is 0 Å². The third kappa shape index (κ3) is 4.03. The van der Waals surface area contributed by atoms with Gasteiger partial charge in [-0.2, -0.15) is 11.3 Å². The van der Waals surface area contributed by atoms with Crippen LogP contribution >= 0.6 is 45.9 Å². The first-order chi connectivity index (χ1) is 11.1. The smallest absolute Gasteiger partial charge is 0.344 e. The van der Waals surface area contributed by atoms with Gasteiger partial charge in [0.15, 0.2) is 0 Å². The van der Waals surface area contributed by atoms with Gasteiger partial charge in [-0.15, -0.1) is 11.3 Å². The Kier molecular flexibility index (Phi) is 5.18. The van der Waals surface area contributed by atoms with Gasteiger partial charge in [-0.25, -0.2) is 4.79 Å². The van der Waals surface area contributed by atoms with Crippen LogP contribution in [-0.2, 0) is 4.79 Å². The molecule has 0 radical (unpaired) electrons. The molecule has 0 atom stereocenters. The standard InChI is InChI=1S/C17H10Cl2O2S2/c18-12-3-4-16(15(19)8-12)21-17(20)14(11-5-7-22-10-11)9-13-2-1-6-23-13/h1-10H/b14-9+. The van der Waals surface area contributed by atoms with Crippen molar-refractivity contribution < 1.29 is 9.53 Å². The van der Waals surface area contributed by atoms with E-state index in [0.717, 1.165) is 10.4 Å². The number of hydrogen-bond donors (Lipinski definition) is 0. The van der Waals surface area contributed by atoms with Crippen molar-refractivity contribution in [3.05, 3.63) is 73.0 Å². The van der Waals surface area contributed by atoms with E-state index >= 15 is 0 Å². The lowest BCUT2D eigenvalue weighted by atomic mass is 10.1. The molecule has 0 spiro atoms. The maximum Gasteiger partial charge on any atom is 0.344 e. The molecule has 0 amide bonds. The van der Waals surface area contributed by atoms with Gasteiger partial charge in [0.05, 0.1) is 10.6 Å². The first-order valence-corrected chi connectivity index (χ1v) is 9.16. The van der Waals surface area contributed by atoms with Crippen LogP contribution in [0, 0.1) is 0 Å². The third-order valence-electron chi connectivity index (χ3n) is 2.98. The molecule has 23 heavy (non-hydrogen) atoms. The highest BCUT2D eigenvalue weighted by Gasteiger charge is 2.17. The number of carbonyl (C=O) groups excluding carboxylic acids is 1. The fourth-order valence-electron chi connectivity index (χ4n) is 1.91. The Hall–Kier alpha value is -1.59. The van der Waals surface area contributed by atoms with E-state index in [4.69, 9.17) is 27.9 Å². The molecule has 0 aliphatic carbocycles. The summed E-state index contributed by atoms with van der Waals surface area (Å²) >= 11 is 15.0. The minimum atomic E-state index is -0.457. The lowest BCUT2D eigenvalue weighted by molar-refractivity contribution is -0.127. The van der Waals surface area contributed by atoms with Crippen LogP contribution in [0.5, 0.6) is 5.75 Å². The molecule has 0 bridgehead atoms. The molecule has 0 aliphatic heterocycles. The molecule has 2 heterocycles. The molecule has 3 rings (SSSR count). The molecule has 0 saturated carbocycles. The Labute approximate surface area is 151 Å². The highest BCUT2D eigenvalue weighted by molar-refractivity contribution is 7.11. The molecule has 6 heteroatoms. The van der Waals surface area contributed by atoms with Gasteiger partial charge in [-0.1, -0.05) is 29.3 Å². The van der Waals surface area contributed by atoms with Crippen molar-refractivity contribution in [3.63, 3.8) is 0 Å². The van der Waals surface area contributed by atoms with E-state index in [1.165, 1.54) is 11.3 Å². The first kappa shape index (κ1) is 16.3. The summed E-state index contributed by atoms with van der Waals surface area (Å²) in [6, 6.07) is 10.5. The zero-order chi connectivity index (χ0) is 16.2. The number of esters is 1. The van der Waals surface area contributed by atoms with Crippen molar-refractivity contribution in [2.45, 2.75) is 0 Å². The summed E-state index contributed by atoms with van der Waals surface area (Å²) in [7, 11) is 0. The molecule has 0 unspecified atom stereocenters. The van der Waals surface area contributed by atoms with Gasteiger partial charge in [0.2, 0.25) is 0 Å². The largest absolute Gasteiger partial charge is 0.421 e. The lowest BCUT2D eigenvalue weighted by Gasteiger charge is -2.08. The summed E-state index contributed by atoms with van der Waals surface area (Å²) in [6.45, 7) is 0. The van der Waals surface area contributed by atoms with Crippen LogP contribution in [0.15, 0.2) is 52.5 Å². The normalized spacial score (nSPS) is 11.5. The predicted molar refractivity (Wildman–Crippen MR) is 98.6 cm³/mol. The Bertz CT molecular complexity index is 838. The van der Waals surface area contributed by atoms with E-state index in [1.807, 2.05) is 40.4 Å². The molecule has 0 saturated heterocycles. The van der Waals surface area contributed by atoms with Gasteiger partial charge in [-0.3, -0.25) is 0 Å². The summed E-state index contributed by atoms with van der Waals surface area (Å²) in [5, 5.41) is 6.57. The van der Waals surface area contributed by atoms with Crippen LogP contribution in [0.4, 0.5) is 0 Å². The maximum absolute atomic E-state index is 12.6. The molecule has 2 nitrogen and oxygen atoms in total. The van der Waals surface area contributed by atoms with E-state index in [2.05, 4.69) is 0 Å². The fourth-order valence-corrected chi connectivity index (χ4v) is 3.67. The Morgan fingerprint density at radius 2 is 2.00 bits per heavy atom. The molecular formula is C17H10Cl2O2S2. The minimum absolute atomic E-state index is 0.286. The molecule has 1 aromatic carbocycles. The first-order valence-electron chi connectivity index (χ1n) is 6.58. The lowest BCUT2D eigenvalue weighted by Crippen LogP contribution is -2.10. The molecule has 0 aliphatic rings. The van der Waals surface area contributed by atoms with Crippen LogP contribution in [0.2, 0.25) is 10.0 Å². The van der Waals surface area contributed by atoms with E-state index in [9.17, 15) is 4.79 Å². The van der Waals surface area contributed by atoms with Gasteiger partial charge in [0.25, 0.3) is 0 Å².